The number of sulfonamides is 1. The first kappa shape index (κ1) is 14.2. The van der Waals surface area contributed by atoms with Gasteiger partial charge in [-0.2, -0.15) is 0 Å². The second-order valence-corrected chi connectivity index (χ2v) is 6.51. The molecule has 0 aromatic carbocycles. The van der Waals surface area contributed by atoms with E-state index in [0.29, 0.717) is 11.7 Å². The average molecular weight is 259 g/mol. The van der Waals surface area contributed by atoms with Crippen molar-refractivity contribution in [1.29, 1.82) is 0 Å². The number of imidazole rings is 1. The molecule has 5 nitrogen and oxygen atoms in total. The number of hydrogen-bond acceptors (Lipinski definition) is 3. The lowest BCUT2D eigenvalue weighted by molar-refractivity contribution is 0.484. The van der Waals surface area contributed by atoms with Crippen molar-refractivity contribution in [3.63, 3.8) is 0 Å². The van der Waals surface area contributed by atoms with E-state index in [0.717, 1.165) is 12.8 Å². The average Bonchev–Trinajstić information content (AvgIpc) is 2.62. The summed E-state index contributed by atoms with van der Waals surface area (Å²) in [5.74, 6) is 1.18. The monoisotopic (exact) mass is 259 g/mol. The summed E-state index contributed by atoms with van der Waals surface area (Å²) < 4.78 is 26.5. The molecule has 0 radical (unpaired) electrons. The van der Waals surface area contributed by atoms with Crippen LogP contribution in [0.5, 0.6) is 0 Å². The van der Waals surface area contributed by atoms with E-state index in [1.807, 2.05) is 6.92 Å². The van der Waals surface area contributed by atoms with Crippen LogP contribution in [0.1, 0.15) is 39.4 Å². The number of aromatic nitrogens is 2. The maximum atomic E-state index is 11.9. The molecule has 0 bridgehead atoms. The highest BCUT2D eigenvalue weighted by molar-refractivity contribution is 7.89. The highest BCUT2D eigenvalue weighted by atomic mass is 32.2. The molecule has 0 fully saturated rings. The van der Waals surface area contributed by atoms with Gasteiger partial charge in [0.25, 0.3) is 10.0 Å². The first-order valence-electron chi connectivity index (χ1n) is 5.85. The molecule has 17 heavy (non-hydrogen) atoms. The number of hydrogen-bond donors (Lipinski definition) is 2. The molecule has 1 rings (SSSR count). The van der Waals surface area contributed by atoms with Crippen molar-refractivity contribution < 1.29 is 8.42 Å². The van der Waals surface area contributed by atoms with Crippen LogP contribution in [0.15, 0.2) is 11.2 Å². The number of nitrogens with zero attached hydrogens (tertiary/aromatic N) is 1. The predicted molar refractivity (Wildman–Crippen MR) is 67.2 cm³/mol. The van der Waals surface area contributed by atoms with Crippen molar-refractivity contribution in [3.8, 4) is 0 Å². The van der Waals surface area contributed by atoms with E-state index in [1.54, 1.807) is 6.92 Å². The van der Waals surface area contributed by atoms with Crippen molar-refractivity contribution in [2.75, 3.05) is 0 Å². The number of nitrogens with one attached hydrogen (secondary N) is 2. The summed E-state index contributed by atoms with van der Waals surface area (Å²) in [5.41, 5.74) is 0. The fourth-order valence-corrected chi connectivity index (χ4v) is 2.75. The van der Waals surface area contributed by atoms with Gasteiger partial charge in [-0.25, -0.2) is 18.1 Å². The molecule has 1 aromatic rings. The van der Waals surface area contributed by atoms with Crippen LogP contribution in [-0.4, -0.2) is 24.4 Å². The van der Waals surface area contributed by atoms with Crippen LogP contribution in [-0.2, 0) is 10.0 Å². The molecule has 2 N–H and O–H groups in total. The lowest BCUT2D eigenvalue weighted by Crippen LogP contribution is -2.33. The highest BCUT2D eigenvalue weighted by Gasteiger charge is 2.19. The van der Waals surface area contributed by atoms with Gasteiger partial charge in [0.1, 0.15) is 5.82 Å². The third-order valence-electron chi connectivity index (χ3n) is 2.50. The SMILES string of the molecule is Cc1ncc(S(=O)(=O)NC(C)CCC(C)C)[nH]1. The zero-order valence-electron chi connectivity index (χ0n) is 10.8. The maximum Gasteiger partial charge on any atom is 0.257 e. The molecule has 0 saturated carbocycles. The van der Waals surface area contributed by atoms with Gasteiger partial charge in [0.05, 0.1) is 6.20 Å². The largest absolute Gasteiger partial charge is 0.332 e. The van der Waals surface area contributed by atoms with Crippen LogP contribution < -0.4 is 4.72 Å². The standard InChI is InChI=1S/C11H21N3O2S/c1-8(2)5-6-9(3)14-17(15,16)11-7-12-10(4)13-11/h7-9,14H,5-6H2,1-4H3,(H,12,13). The Labute approximate surface area is 103 Å². The lowest BCUT2D eigenvalue weighted by Gasteiger charge is -2.14. The predicted octanol–water partition coefficient (Wildman–Crippen LogP) is 1.82. The van der Waals surface area contributed by atoms with Crippen molar-refractivity contribution >= 4 is 10.0 Å². The molecule has 0 saturated heterocycles. The molecule has 1 heterocycles. The van der Waals surface area contributed by atoms with Crippen LogP contribution in [0, 0.1) is 12.8 Å². The minimum Gasteiger partial charge on any atom is -0.332 e. The fourth-order valence-electron chi connectivity index (χ4n) is 1.51. The van der Waals surface area contributed by atoms with Crippen LogP contribution in [0.2, 0.25) is 0 Å². The summed E-state index contributed by atoms with van der Waals surface area (Å²) in [6.07, 6.45) is 3.18. The molecule has 0 aliphatic carbocycles. The van der Waals surface area contributed by atoms with Gasteiger partial charge >= 0.3 is 0 Å². The molecule has 1 unspecified atom stereocenters. The lowest BCUT2D eigenvalue weighted by atomic mass is 10.1. The molecule has 98 valence electrons. The number of rotatable bonds is 6. The Morgan fingerprint density at radius 1 is 1.35 bits per heavy atom. The van der Waals surface area contributed by atoms with E-state index in [4.69, 9.17) is 0 Å². The molecule has 0 spiro atoms. The van der Waals surface area contributed by atoms with E-state index in [1.165, 1.54) is 6.20 Å². The van der Waals surface area contributed by atoms with Gasteiger partial charge in [-0.3, -0.25) is 0 Å². The maximum absolute atomic E-state index is 11.9. The summed E-state index contributed by atoms with van der Waals surface area (Å²) in [4.78, 5) is 6.61. The van der Waals surface area contributed by atoms with Gasteiger partial charge in [-0.05, 0) is 32.6 Å². The third kappa shape index (κ3) is 4.47. The van der Waals surface area contributed by atoms with Crippen molar-refractivity contribution in [2.45, 2.75) is 51.6 Å². The Balaban J connectivity index is 2.61. The van der Waals surface area contributed by atoms with E-state index >= 15 is 0 Å². The normalized spacial score (nSPS) is 14.2. The summed E-state index contributed by atoms with van der Waals surface area (Å²) >= 11 is 0. The Kier molecular flexibility index (Phi) is 4.70. The number of aryl methyl sites for hydroxylation is 1. The van der Waals surface area contributed by atoms with Gasteiger partial charge < -0.3 is 4.98 Å². The van der Waals surface area contributed by atoms with Crippen LogP contribution in [0.4, 0.5) is 0 Å². The fraction of sp³-hybridized carbons (Fsp3) is 0.727. The molecule has 0 aliphatic rings. The second kappa shape index (κ2) is 5.64. The molecular weight excluding hydrogens is 238 g/mol. The molecule has 6 heteroatoms. The molecule has 0 aliphatic heterocycles. The van der Waals surface area contributed by atoms with E-state index in [-0.39, 0.29) is 11.1 Å². The first-order chi connectivity index (χ1) is 7.81. The van der Waals surface area contributed by atoms with Crippen LogP contribution in [0.3, 0.4) is 0 Å². The Morgan fingerprint density at radius 2 is 2.00 bits per heavy atom. The Morgan fingerprint density at radius 3 is 2.47 bits per heavy atom. The molecule has 1 aromatic heterocycles. The van der Waals surface area contributed by atoms with E-state index < -0.39 is 10.0 Å². The van der Waals surface area contributed by atoms with E-state index in [2.05, 4.69) is 28.5 Å². The highest BCUT2D eigenvalue weighted by Crippen LogP contribution is 2.10. The van der Waals surface area contributed by atoms with Gasteiger partial charge in [-0.1, -0.05) is 13.8 Å². The Hall–Kier alpha value is -0.880. The molecular formula is C11H21N3O2S. The zero-order chi connectivity index (χ0) is 13.1. The molecule has 0 amide bonds. The minimum atomic E-state index is -3.45. The number of aromatic amines is 1. The molecule has 1 atom stereocenters. The Bertz CT molecular complexity index is 451. The van der Waals surface area contributed by atoms with Gasteiger partial charge in [0.2, 0.25) is 0 Å². The third-order valence-corrected chi connectivity index (χ3v) is 4.00. The quantitative estimate of drug-likeness (QED) is 0.818. The van der Waals surface area contributed by atoms with Gasteiger partial charge in [0.15, 0.2) is 5.03 Å². The summed E-state index contributed by atoms with van der Waals surface area (Å²) in [7, 11) is -3.45. The summed E-state index contributed by atoms with van der Waals surface area (Å²) in [6, 6.07) is -0.0639. The van der Waals surface area contributed by atoms with Crippen LogP contribution in [0.25, 0.3) is 0 Å². The smallest absolute Gasteiger partial charge is 0.257 e. The van der Waals surface area contributed by atoms with Gasteiger partial charge in [0, 0.05) is 6.04 Å². The zero-order valence-corrected chi connectivity index (χ0v) is 11.6. The van der Waals surface area contributed by atoms with Crippen molar-refractivity contribution in [1.82, 2.24) is 14.7 Å². The van der Waals surface area contributed by atoms with Crippen LogP contribution >= 0.6 is 0 Å². The number of H-pyrrole nitrogens is 1. The van der Waals surface area contributed by atoms with Crippen molar-refractivity contribution in [2.24, 2.45) is 5.92 Å². The summed E-state index contributed by atoms with van der Waals surface area (Å²) in [5, 5.41) is 0.131. The van der Waals surface area contributed by atoms with Crippen molar-refractivity contribution in [3.05, 3.63) is 12.0 Å². The minimum absolute atomic E-state index is 0.0639. The van der Waals surface area contributed by atoms with Gasteiger partial charge in [-0.15, -0.1) is 0 Å². The topological polar surface area (TPSA) is 74.8 Å². The van der Waals surface area contributed by atoms with E-state index in [9.17, 15) is 8.42 Å². The first-order valence-corrected chi connectivity index (χ1v) is 7.33. The second-order valence-electron chi connectivity index (χ2n) is 4.83. The summed E-state index contributed by atoms with van der Waals surface area (Å²) in [6.45, 7) is 7.85.